The van der Waals surface area contributed by atoms with E-state index in [0.717, 1.165) is 11.3 Å². The lowest BCUT2D eigenvalue weighted by Crippen LogP contribution is -2.04. The number of rotatable bonds is 3. The summed E-state index contributed by atoms with van der Waals surface area (Å²) < 4.78 is 9.17. The first kappa shape index (κ1) is 10.3. The molecule has 2 heterocycles. The summed E-state index contributed by atoms with van der Waals surface area (Å²) in [5.41, 5.74) is 2.25. The van der Waals surface area contributed by atoms with Crippen molar-refractivity contribution in [2.24, 2.45) is 0 Å². The van der Waals surface area contributed by atoms with E-state index >= 15 is 0 Å². The van der Waals surface area contributed by atoms with E-state index in [4.69, 9.17) is 4.74 Å². The Hall–Kier alpha value is -1.20. The fourth-order valence-corrected chi connectivity index (χ4v) is 2.51. The minimum Gasteiger partial charge on any atom is -0.462 e. The third-order valence-electron chi connectivity index (χ3n) is 1.86. The van der Waals surface area contributed by atoms with Crippen LogP contribution in [-0.2, 0) is 4.74 Å². The van der Waals surface area contributed by atoms with Crippen LogP contribution in [0.25, 0.3) is 11.3 Å². The Morgan fingerprint density at radius 1 is 1.53 bits per heavy atom. The molecule has 0 aliphatic heterocycles. The second kappa shape index (κ2) is 4.55. The minimum absolute atomic E-state index is 0.299. The Morgan fingerprint density at radius 3 is 3.07 bits per heavy atom. The van der Waals surface area contributed by atoms with Crippen LogP contribution < -0.4 is 0 Å². The van der Waals surface area contributed by atoms with Crippen molar-refractivity contribution in [3.8, 4) is 11.3 Å². The largest absolute Gasteiger partial charge is 0.462 e. The highest BCUT2D eigenvalue weighted by Crippen LogP contribution is 2.26. The second-order valence-corrected chi connectivity index (χ2v) is 4.22. The third kappa shape index (κ3) is 2.08. The number of thiophene rings is 1. The number of nitrogens with zero attached hydrogens (tertiary/aromatic N) is 1. The van der Waals surface area contributed by atoms with Gasteiger partial charge in [-0.15, -0.1) is 0 Å². The lowest BCUT2D eigenvalue weighted by Gasteiger charge is -2.00. The van der Waals surface area contributed by atoms with Crippen LogP contribution in [0.15, 0.2) is 22.2 Å². The first-order valence-electron chi connectivity index (χ1n) is 4.47. The molecule has 5 heteroatoms. The number of carbonyl (C=O) groups is 1. The van der Waals surface area contributed by atoms with Gasteiger partial charge in [-0.1, -0.05) is 0 Å². The smallest absolute Gasteiger partial charge is 0.341 e. The average molecular weight is 239 g/mol. The van der Waals surface area contributed by atoms with Crippen LogP contribution in [0.4, 0.5) is 0 Å². The van der Waals surface area contributed by atoms with Gasteiger partial charge < -0.3 is 4.74 Å². The van der Waals surface area contributed by atoms with E-state index in [1.54, 1.807) is 23.6 Å². The van der Waals surface area contributed by atoms with E-state index in [9.17, 15) is 4.79 Å². The van der Waals surface area contributed by atoms with Gasteiger partial charge in [0.15, 0.2) is 0 Å². The van der Waals surface area contributed by atoms with E-state index in [-0.39, 0.29) is 5.97 Å². The molecule has 0 N–H and O–H groups in total. The highest BCUT2D eigenvalue weighted by atomic mass is 32.1. The van der Waals surface area contributed by atoms with Crippen molar-refractivity contribution in [2.45, 2.75) is 6.92 Å². The van der Waals surface area contributed by atoms with Crippen LogP contribution in [0.1, 0.15) is 17.3 Å². The average Bonchev–Trinajstić information content (AvgIpc) is 2.88. The number of hydrogen-bond acceptors (Lipinski definition) is 5. The van der Waals surface area contributed by atoms with E-state index in [1.165, 1.54) is 11.5 Å². The number of esters is 1. The van der Waals surface area contributed by atoms with Gasteiger partial charge in [0.25, 0.3) is 0 Å². The van der Waals surface area contributed by atoms with Crippen LogP contribution >= 0.6 is 22.9 Å². The van der Waals surface area contributed by atoms with Crippen LogP contribution in [0.2, 0.25) is 0 Å². The molecule has 15 heavy (non-hydrogen) atoms. The topological polar surface area (TPSA) is 39.2 Å². The van der Waals surface area contributed by atoms with Gasteiger partial charge in [-0.3, -0.25) is 0 Å². The van der Waals surface area contributed by atoms with Gasteiger partial charge in [0.1, 0.15) is 0 Å². The summed E-state index contributed by atoms with van der Waals surface area (Å²) in [4.78, 5) is 11.6. The maximum Gasteiger partial charge on any atom is 0.341 e. The first-order chi connectivity index (χ1) is 7.33. The number of carbonyl (C=O) groups excluding carboxylic acids is 1. The molecule has 0 amide bonds. The van der Waals surface area contributed by atoms with Gasteiger partial charge in [0, 0.05) is 16.3 Å². The molecule has 0 saturated heterocycles. The summed E-state index contributed by atoms with van der Waals surface area (Å²) in [6.07, 6.45) is 0. The Morgan fingerprint density at radius 2 is 2.40 bits per heavy atom. The molecule has 3 nitrogen and oxygen atoms in total. The van der Waals surface area contributed by atoms with Crippen LogP contribution in [-0.4, -0.2) is 16.9 Å². The Kier molecular flexibility index (Phi) is 3.13. The lowest BCUT2D eigenvalue weighted by molar-refractivity contribution is 0.0527. The molecule has 0 spiro atoms. The molecule has 0 fully saturated rings. The third-order valence-corrected chi connectivity index (χ3v) is 3.17. The molecule has 0 aromatic carbocycles. The van der Waals surface area contributed by atoms with Gasteiger partial charge in [0.05, 0.1) is 17.9 Å². The highest BCUT2D eigenvalue weighted by molar-refractivity contribution is 7.08. The summed E-state index contributed by atoms with van der Waals surface area (Å²) in [5.74, 6) is -0.299. The first-order valence-corrected chi connectivity index (χ1v) is 6.25. The summed E-state index contributed by atoms with van der Waals surface area (Å²) in [6, 6.07) is 1.95. The summed E-state index contributed by atoms with van der Waals surface area (Å²) in [5, 5.41) is 5.66. The Labute approximate surface area is 95.5 Å². The fourth-order valence-electron chi connectivity index (χ4n) is 1.20. The van der Waals surface area contributed by atoms with Crippen molar-refractivity contribution < 1.29 is 9.53 Å². The molecule has 0 saturated carbocycles. The zero-order chi connectivity index (χ0) is 10.7. The predicted octanol–water partition coefficient (Wildman–Crippen LogP) is 3.05. The molecule has 78 valence electrons. The zero-order valence-corrected chi connectivity index (χ0v) is 9.73. The number of hydrogen-bond donors (Lipinski definition) is 0. The van der Waals surface area contributed by atoms with Crippen molar-refractivity contribution in [1.29, 1.82) is 0 Å². The van der Waals surface area contributed by atoms with Crippen molar-refractivity contribution in [2.75, 3.05) is 6.61 Å². The quantitative estimate of drug-likeness (QED) is 0.773. The van der Waals surface area contributed by atoms with Crippen molar-refractivity contribution in [3.05, 3.63) is 27.8 Å². The van der Waals surface area contributed by atoms with Crippen molar-refractivity contribution >= 4 is 28.8 Å². The highest BCUT2D eigenvalue weighted by Gasteiger charge is 2.16. The SMILES string of the molecule is CCOC(=O)c1csnc1-c1ccsc1. The second-order valence-electron chi connectivity index (χ2n) is 2.81. The van der Waals surface area contributed by atoms with Gasteiger partial charge >= 0.3 is 5.97 Å². The monoisotopic (exact) mass is 239 g/mol. The molecule has 0 atom stereocenters. The van der Waals surface area contributed by atoms with E-state index < -0.39 is 0 Å². The number of ether oxygens (including phenoxy) is 1. The van der Waals surface area contributed by atoms with Gasteiger partial charge in [-0.25, -0.2) is 4.79 Å². The zero-order valence-electron chi connectivity index (χ0n) is 8.10. The molecule has 2 aromatic rings. The minimum atomic E-state index is -0.299. The van der Waals surface area contributed by atoms with Gasteiger partial charge in [-0.2, -0.15) is 15.7 Å². The predicted molar refractivity (Wildman–Crippen MR) is 61.4 cm³/mol. The van der Waals surface area contributed by atoms with E-state index in [1.807, 2.05) is 16.8 Å². The maximum atomic E-state index is 11.6. The van der Waals surface area contributed by atoms with Crippen LogP contribution in [0, 0.1) is 0 Å². The summed E-state index contributed by atoms with van der Waals surface area (Å²) in [7, 11) is 0. The molecular formula is C10H9NO2S2. The van der Waals surface area contributed by atoms with Gasteiger partial charge in [0.2, 0.25) is 0 Å². The molecular weight excluding hydrogens is 230 g/mol. The van der Waals surface area contributed by atoms with Crippen molar-refractivity contribution in [3.63, 3.8) is 0 Å². The van der Waals surface area contributed by atoms with Crippen LogP contribution in [0.5, 0.6) is 0 Å². The fraction of sp³-hybridized carbons (Fsp3) is 0.200. The summed E-state index contributed by atoms with van der Waals surface area (Å²) >= 11 is 2.86. The Balaban J connectivity index is 2.34. The molecule has 2 rings (SSSR count). The molecule has 0 aliphatic rings. The van der Waals surface area contributed by atoms with Crippen molar-refractivity contribution in [1.82, 2.24) is 4.37 Å². The molecule has 2 aromatic heterocycles. The molecule has 0 unspecified atom stereocenters. The molecule has 0 aliphatic carbocycles. The Bertz CT molecular complexity index is 448. The molecule has 0 radical (unpaired) electrons. The summed E-state index contributed by atoms with van der Waals surface area (Å²) in [6.45, 7) is 2.18. The van der Waals surface area contributed by atoms with Crippen LogP contribution in [0.3, 0.4) is 0 Å². The maximum absolute atomic E-state index is 11.6. The van der Waals surface area contributed by atoms with E-state index in [2.05, 4.69) is 4.37 Å². The standard InChI is InChI=1S/C10H9NO2S2/c1-2-13-10(12)8-6-15-11-9(8)7-3-4-14-5-7/h3-6H,2H2,1H3. The lowest BCUT2D eigenvalue weighted by atomic mass is 10.1. The molecule has 0 bridgehead atoms. The van der Waals surface area contributed by atoms with Gasteiger partial charge in [-0.05, 0) is 29.9 Å². The normalized spacial score (nSPS) is 10.2. The van der Waals surface area contributed by atoms with E-state index in [0.29, 0.717) is 12.2 Å². The number of aromatic nitrogens is 1.